The van der Waals surface area contributed by atoms with Gasteiger partial charge in [0.15, 0.2) is 17.5 Å². The lowest BCUT2D eigenvalue weighted by Gasteiger charge is -2.15. The number of aliphatic imine (C=N–C) groups is 1. The molecule has 2 N–H and O–H groups in total. The number of guanidine groups is 1. The monoisotopic (exact) mass is 360 g/mol. The second-order valence-corrected chi connectivity index (χ2v) is 7.04. The minimum atomic E-state index is 0.325. The fourth-order valence-electron chi connectivity index (χ4n) is 3.57. The van der Waals surface area contributed by atoms with Crippen LogP contribution in [0, 0.1) is 5.92 Å². The number of ether oxygens (including phenoxy) is 2. The molecule has 2 aliphatic heterocycles. The second-order valence-electron chi connectivity index (χ2n) is 7.04. The van der Waals surface area contributed by atoms with Crippen LogP contribution in [0.2, 0.25) is 0 Å². The molecule has 1 fully saturated rings. The Hall–Kier alpha value is -1.95. The zero-order chi connectivity index (χ0) is 18.2. The van der Waals surface area contributed by atoms with E-state index >= 15 is 0 Å². The average Bonchev–Trinajstić information content (AvgIpc) is 3.28. The van der Waals surface area contributed by atoms with Gasteiger partial charge in [0.05, 0.1) is 0 Å². The number of benzene rings is 1. The van der Waals surface area contributed by atoms with Crippen LogP contribution in [-0.2, 0) is 6.42 Å². The smallest absolute Gasteiger partial charge is 0.231 e. The van der Waals surface area contributed by atoms with Crippen LogP contribution >= 0.6 is 0 Å². The Labute approximate surface area is 157 Å². The number of nitrogens with zero attached hydrogens (tertiary/aromatic N) is 2. The van der Waals surface area contributed by atoms with Crippen LogP contribution in [0.5, 0.6) is 11.5 Å². The van der Waals surface area contributed by atoms with Crippen LogP contribution in [0.1, 0.15) is 32.3 Å². The summed E-state index contributed by atoms with van der Waals surface area (Å²) in [6, 6.07) is 6.15. The molecular weight excluding hydrogens is 328 g/mol. The summed E-state index contributed by atoms with van der Waals surface area (Å²) in [6.07, 6.45) is 3.43. The molecule has 26 heavy (non-hydrogen) atoms. The van der Waals surface area contributed by atoms with E-state index in [2.05, 4.69) is 41.5 Å². The molecule has 0 spiro atoms. The van der Waals surface area contributed by atoms with E-state index in [-0.39, 0.29) is 0 Å². The van der Waals surface area contributed by atoms with Crippen LogP contribution < -0.4 is 20.1 Å². The molecule has 2 aliphatic rings. The normalized spacial score (nSPS) is 19.8. The third kappa shape index (κ3) is 5.27. The minimum Gasteiger partial charge on any atom is -0.454 e. The van der Waals surface area contributed by atoms with E-state index in [1.54, 1.807) is 0 Å². The first-order chi connectivity index (χ1) is 12.8. The first-order valence-electron chi connectivity index (χ1n) is 9.91. The van der Waals surface area contributed by atoms with Gasteiger partial charge in [0.2, 0.25) is 6.79 Å². The van der Waals surface area contributed by atoms with E-state index < -0.39 is 0 Å². The van der Waals surface area contributed by atoms with Gasteiger partial charge in [-0.2, -0.15) is 0 Å². The van der Waals surface area contributed by atoms with E-state index in [4.69, 9.17) is 14.5 Å². The lowest BCUT2D eigenvalue weighted by atomic mass is 10.1. The fourth-order valence-corrected chi connectivity index (χ4v) is 3.57. The Kier molecular flexibility index (Phi) is 7.00. The quantitative estimate of drug-likeness (QED) is 0.550. The molecule has 0 aliphatic carbocycles. The van der Waals surface area contributed by atoms with Crippen molar-refractivity contribution in [3.63, 3.8) is 0 Å². The third-order valence-electron chi connectivity index (χ3n) is 4.90. The van der Waals surface area contributed by atoms with Crippen LogP contribution in [-0.4, -0.2) is 56.9 Å². The van der Waals surface area contributed by atoms with E-state index in [1.165, 1.54) is 38.0 Å². The summed E-state index contributed by atoms with van der Waals surface area (Å²) in [5.41, 5.74) is 1.24. The molecule has 1 unspecified atom stereocenters. The summed E-state index contributed by atoms with van der Waals surface area (Å²) in [6.45, 7) is 10.9. The minimum absolute atomic E-state index is 0.325. The van der Waals surface area contributed by atoms with Crippen molar-refractivity contribution in [1.29, 1.82) is 0 Å². The van der Waals surface area contributed by atoms with Crippen LogP contribution in [0.3, 0.4) is 0 Å². The number of nitrogens with one attached hydrogen (secondary N) is 2. The van der Waals surface area contributed by atoms with Gasteiger partial charge in [-0.05, 0) is 62.9 Å². The molecule has 1 atom stereocenters. The van der Waals surface area contributed by atoms with Gasteiger partial charge in [0.1, 0.15) is 0 Å². The zero-order valence-electron chi connectivity index (χ0n) is 16.1. The van der Waals surface area contributed by atoms with Crippen LogP contribution in [0.15, 0.2) is 23.2 Å². The molecule has 1 aromatic rings. The molecule has 0 aromatic heterocycles. The van der Waals surface area contributed by atoms with Gasteiger partial charge in [-0.1, -0.05) is 13.0 Å². The molecule has 3 rings (SSSR count). The Morgan fingerprint density at radius 3 is 2.96 bits per heavy atom. The Balaban J connectivity index is 1.44. The standard InChI is InChI=1S/C20H32N4O2/c1-3-10-24-11-8-17(14-24)13-23-20(21-4-2)22-9-7-16-5-6-18-19(12-16)26-15-25-18/h5-6,12,17H,3-4,7-11,13-15H2,1-2H3,(H2,21,22,23). The maximum atomic E-state index is 5.44. The largest absolute Gasteiger partial charge is 0.454 e. The predicted octanol–water partition coefficient (Wildman–Crippen LogP) is 2.24. The van der Waals surface area contributed by atoms with Crippen molar-refractivity contribution >= 4 is 5.96 Å². The number of hydrogen-bond donors (Lipinski definition) is 2. The molecule has 6 nitrogen and oxygen atoms in total. The molecule has 1 aromatic carbocycles. The summed E-state index contributed by atoms with van der Waals surface area (Å²) in [5.74, 6) is 3.29. The van der Waals surface area contributed by atoms with Crippen LogP contribution in [0.4, 0.5) is 0 Å². The van der Waals surface area contributed by atoms with Crippen molar-refractivity contribution in [2.45, 2.75) is 33.1 Å². The molecular formula is C20H32N4O2. The number of fused-ring (bicyclic) bond motifs is 1. The van der Waals surface area contributed by atoms with Crippen LogP contribution in [0.25, 0.3) is 0 Å². The number of hydrogen-bond acceptors (Lipinski definition) is 4. The van der Waals surface area contributed by atoms with Gasteiger partial charge in [-0.25, -0.2) is 0 Å². The molecule has 0 bridgehead atoms. The van der Waals surface area contributed by atoms with Gasteiger partial charge in [-0.15, -0.1) is 0 Å². The second kappa shape index (κ2) is 9.67. The highest BCUT2D eigenvalue weighted by Crippen LogP contribution is 2.32. The average molecular weight is 361 g/mol. The topological polar surface area (TPSA) is 58.1 Å². The summed E-state index contributed by atoms with van der Waals surface area (Å²) >= 11 is 0. The van der Waals surface area contributed by atoms with Gasteiger partial charge in [0.25, 0.3) is 0 Å². The predicted molar refractivity (Wildman–Crippen MR) is 105 cm³/mol. The molecule has 6 heteroatoms. The third-order valence-corrected chi connectivity index (χ3v) is 4.90. The van der Waals surface area contributed by atoms with Crippen molar-refractivity contribution in [2.75, 3.05) is 46.1 Å². The number of likely N-dealkylation sites (tertiary alicyclic amines) is 1. The molecule has 0 radical (unpaired) electrons. The Morgan fingerprint density at radius 2 is 2.12 bits per heavy atom. The first kappa shape index (κ1) is 18.8. The fraction of sp³-hybridized carbons (Fsp3) is 0.650. The van der Waals surface area contributed by atoms with Gasteiger partial charge in [0, 0.05) is 26.2 Å². The molecule has 144 valence electrons. The molecule has 1 saturated heterocycles. The van der Waals surface area contributed by atoms with E-state index in [1.807, 2.05) is 6.07 Å². The summed E-state index contributed by atoms with van der Waals surface area (Å²) < 4.78 is 10.8. The van der Waals surface area contributed by atoms with Crippen molar-refractivity contribution in [3.8, 4) is 11.5 Å². The highest BCUT2D eigenvalue weighted by atomic mass is 16.7. The maximum Gasteiger partial charge on any atom is 0.231 e. The lowest BCUT2D eigenvalue weighted by molar-refractivity contribution is 0.174. The summed E-state index contributed by atoms with van der Waals surface area (Å²) in [7, 11) is 0. The first-order valence-corrected chi connectivity index (χ1v) is 9.91. The molecule has 2 heterocycles. The van der Waals surface area contributed by atoms with Gasteiger partial charge < -0.3 is 25.0 Å². The Morgan fingerprint density at radius 1 is 1.23 bits per heavy atom. The zero-order valence-corrected chi connectivity index (χ0v) is 16.1. The summed E-state index contributed by atoms with van der Waals surface area (Å²) in [4.78, 5) is 7.36. The maximum absolute atomic E-state index is 5.44. The van der Waals surface area contributed by atoms with Crippen molar-refractivity contribution in [2.24, 2.45) is 10.9 Å². The van der Waals surface area contributed by atoms with Gasteiger partial charge in [-0.3, -0.25) is 4.99 Å². The van der Waals surface area contributed by atoms with Crippen molar-refractivity contribution in [1.82, 2.24) is 15.5 Å². The van der Waals surface area contributed by atoms with Gasteiger partial charge >= 0.3 is 0 Å². The Bertz CT molecular complexity index is 605. The van der Waals surface area contributed by atoms with E-state index in [0.29, 0.717) is 12.7 Å². The highest BCUT2D eigenvalue weighted by molar-refractivity contribution is 5.79. The summed E-state index contributed by atoms with van der Waals surface area (Å²) in [5, 5.41) is 6.80. The van der Waals surface area contributed by atoms with Crippen molar-refractivity contribution in [3.05, 3.63) is 23.8 Å². The SMILES string of the molecule is CCCN1CCC(CN=C(NCC)NCCc2ccc3c(c2)OCO3)C1. The molecule has 0 saturated carbocycles. The van der Waals surface area contributed by atoms with E-state index in [9.17, 15) is 0 Å². The molecule has 0 amide bonds. The lowest BCUT2D eigenvalue weighted by Crippen LogP contribution is -2.38. The van der Waals surface area contributed by atoms with E-state index in [0.717, 1.165) is 43.5 Å². The highest BCUT2D eigenvalue weighted by Gasteiger charge is 2.21. The number of rotatable bonds is 8. The van der Waals surface area contributed by atoms with Crippen molar-refractivity contribution < 1.29 is 9.47 Å².